The molecule has 6 nitrogen and oxygen atoms in total. The number of likely N-dealkylation sites (tertiary alicyclic amines) is 2. The molecule has 2 amide bonds. The second-order valence-corrected chi connectivity index (χ2v) is 8.79. The zero-order valence-electron chi connectivity index (χ0n) is 18.1. The number of nitrogens with zero attached hydrogens (tertiary/aromatic N) is 4. The second kappa shape index (κ2) is 10.6. The lowest BCUT2D eigenvalue weighted by molar-refractivity contribution is -0.139. The summed E-state index contributed by atoms with van der Waals surface area (Å²) in [7, 11) is 0. The molecule has 3 rings (SSSR count). The molecule has 3 aliphatic heterocycles. The maximum Gasteiger partial charge on any atom is 0.225 e. The lowest BCUT2D eigenvalue weighted by Crippen LogP contribution is -2.53. The monoisotopic (exact) mass is 392 g/mol. The van der Waals surface area contributed by atoms with Gasteiger partial charge in [-0.1, -0.05) is 20.3 Å². The highest BCUT2D eigenvalue weighted by Crippen LogP contribution is 2.26. The van der Waals surface area contributed by atoms with Gasteiger partial charge in [-0.2, -0.15) is 0 Å². The van der Waals surface area contributed by atoms with E-state index in [1.54, 1.807) is 0 Å². The summed E-state index contributed by atoms with van der Waals surface area (Å²) >= 11 is 0. The van der Waals surface area contributed by atoms with Gasteiger partial charge in [0.1, 0.15) is 0 Å². The molecule has 3 aliphatic rings. The molecule has 28 heavy (non-hydrogen) atoms. The minimum atomic E-state index is 0.222. The van der Waals surface area contributed by atoms with E-state index in [4.69, 9.17) is 0 Å². The molecule has 0 aromatic heterocycles. The standard InChI is InChI=1S/C22H40N4O2/c1-3-5-6-21(27)25-13-9-20(10-14-25)24-11-7-19(8-12-24)22(28)26-17-15-23(4-2)16-18-26/h19-20H,3-18H2,1-2H3. The number of unbranched alkanes of at least 4 members (excludes halogenated alkanes) is 1. The number of piperidine rings is 2. The van der Waals surface area contributed by atoms with E-state index in [9.17, 15) is 9.59 Å². The van der Waals surface area contributed by atoms with Crippen molar-refractivity contribution in [1.29, 1.82) is 0 Å². The molecule has 0 atom stereocenters. The molecule has 0 aromatic rings. The van der Waals surface area contributed by atoms with Crippen molar-refractivity contribution in [1.82, 2.24) is 19.6 Å². The Morgan fingerprint density at radius 1 is 0.786 bits per heavy atom. The first kappa shape index (κ1) is 21.6. The van der Waals surface area contributed by atoms with Gasteiger partial charge in [0, 0.05) is 57.6 Å². The average Bonchev–Trinajstić information content (AvgIpc) is 2.77. The predicted octanol–water partition coefficient (Wildman–Crippen LogP) is 2.04. The molecule has 0 N–H and O–H groups in total. The molecule has 3 fully saturated rings. The SMILES string of the molecule is CCCCC(=O)N1CCC(N2CCC(C(=O)N3CCN(CC)CC3)CC2)CC1. The third-order valence-electron chi connectivity index (χ3n) is 7.09. The van der Waals surface area contributed by atoms with E-state index in [2.05, 4.69) is 33.4 Å². The smallest absolute Gasteiger partial charge is 0.225 e. The minimum Gasteiger partial charge on any atom is -0.343 e. The molecule has 160 valence electrons. The third kappa shape index (κ3) is 5.47. The Hall–Kier alpha value is -1.14. The highest BCUT2D eigenvalue weighted by Gasteiger charge is 2.33. The molecule has 0 radical (unpaired) electrons. The number of rotatable bonds is 6. The molecule has 3 heterocycles. The zero-order chi connectivity index (χ0) is 19.9. The maximum absolute atomic E-state index is 12.9. The van der Waals surface area contributed by atoms with Crippen LogP contribution in [0.1, 0.15) is 58.8 Å². The summed E-state index contributed by atoms with van der Waals surface area (Å²) in [6.45, 7) is 13.2. The fourth-order valence-corrected chi connectivity index (χ4v) is 5.02. The molecular weight excluding hydrogens is 352 g/mol. The lowest BCUT2D eigenvalue weighted by atomic mass is 9.92. The summed E-state index contributed by atoms with van der Waals surface area (Å²) < 4.78 is 0. The number of hydrogen-bond acceptors (Lipinski definition) is 4. The van der Waals surface area contributed by atoms with E-state index in [1.165, 1.54) is 0 Å². The van der Waals surface area contributed by atoms with E-state index in [-0.39, 0.29) is 5.92 Å². The van der Waals surface area contributed by atoms with Crippen LogP contribution in [-0.2, 0) is 9.59 Å². The van der Waals surface area contributed by atoms with Crippen molar-refractivity contribution in [2.75, 3.05) is 58.9 Å². The number of carbonyl (C=O) groups excluding carboxylic acids is 2. The minimum absolute atomic E-state index is 0.222. The van der Waals surface area contributed by atoms with Crippen molar-refractivity contribution >= 4 is 11.8 Å². The topological polar surface area (TPSA) is 47.1 Å². The highest BCUT2D eigenvalue weighted by molar-refractivity contribution is 5.79. The fourth-order valence-electron chi connectivity index (χ4n) is 5.02. The molecule has 0 aliphatic carbocycles. The van der Waals surface area contributed by atoms with Crippen LogP contribution in [0.5, 0.6) is 0 Å². The Balaban J connectivity index is 1.38. The molecule has 3 saturated heterocycles. The van der Waals surface area contributed by atoms with Crippen molar-refractivity contribution in [3.8, 4) is 0 Å². The summed E-state index contributed by atoms with van der Waals surface area (Å²) in [6, 6.07) is 0.597. The Morgan fingerprint density at radius 3 is 2.00 bits per heavy atom. The summed E-state index contributed by atoms with van der Waals surface area (Å²) in [5.41, 5.74) is 0. The normalized spacial score (nSPS) is 23.9. The predicted molar refractivity (Wildman–Crippen MR) is 112 cm³/mol. The van der Waals surface area contributed by atoms with Gasteiger partial charge in [-0.05, 0) is 51.7 Å². The molecule has 0 spiro atoms. The van der Waals surface area contributed by atoms with Gasteiger partial charge in [-0.15, -0.1) is 0 Å². The van der Waals surface area contributed by atoms with Gasteiger partial charge in [0.15, 0.2) is 0 Å². The fraction of sp³-hybridized carbons (Fsp3) is 0.909. The Bertz CT molecular complexity index is 503. The Kier molecular flexibility index (Phi) is 8.15. The first-order valence-corrected chi connectivity index (χ1v) is 11.6. The quantitative estimate of drug-likeness (QED) is 0.694. The van der Waals surface area contributed by atoms with Crippen molar-refractivity contribution < 1.29 is 9.59 Å². The van der Waals surface area contributed by atoms with Gasteiger partial charge >= 0.3 is 0 Å². The summed E-state index contributed by atoms with van der Waals surface area (Å²) in [5.74, 6) is 0.958. The number of piperazine rings is 1. The van der Waals surface area contributed by atoms with Crippen molar-refractivity contribution in [2.45, 2.75) is 64.8 Å². The van der Waals surface area contributed by atoms with E-state index < -0.39 is 0 Å². The zero-order valence-corrected chi connectivity index (χ0v) is 18.1. The number of carbonyl (C=O) groups is 2. The first-order valence-electron chi connectivity index (χ1n) is 11.6. The molecule has 6 heteroatoms. The van der Waals surface area contributed by atoms with E-state index in [0.717, 1.165) is 97.4 Å². The van der Waals surface area contributed by atoms with E-state index in [0.29, 0.717) is 24.3 Å². The van der Waals surface area contributed by atoms with Crippen molar-refractivity contribution in [2.24, 2.45) is 5.92 Å². The van der Waals surface area contributed by atoms with Crippen LogP contribution in [0.15, 0.2) is 0 Å². The molecule has 0 aromatic carbocycles. The van der Waals surface area contributed by atoms with Crippen molar-refractivity contribution in [3.05, 3.63) is 0 Å². The van der Waals surface area contributed by atoms with Crippen LogP contribution in [0.2, 0.25) is 0 Å². The van der Waals surface area contributed by atoms with Gasteiger partial charge in [-0.3, -0.25) is 9.59 Å². The van der Waals surface area contributed by atoms with Crippen LogP contribution in [0.25, 0.3) is 0 Å². The number of hydrogen-bond donors (Lipinski definition) is 0. The van der Waals surface area contributed by atoms with Gasteiger partial charge < -0.3 is 19.6 Å². The van der Waals surface area contributed by atoms with Crippen LogP contribution in [0, 0.1) is 5.92 Å². The third-order valence-corrected chi connectivity index (χ3v) is 7.09. The number of likely N-dealkylation sites (N-methyl/N-ethyl adjacent to an activating group) is 1. The summed E-state index contributed by atoms with van der Waals surface area (Å²) in [6.07, 6.45) is 7.00. The van der Waals surface area contributed by atoms with E-state index in [1.807, 2.05) is 0 Å². The molecule has 0 bridgehead atoms. The molecule has 0 unspecified atom stereocenters. The van der Waals surface area contributed by atoms with Crippen LogP contribution >= 0.6 is 0 Å². The van der Waals surface area contributed by atoms with Crippen LogP contribution < -0.4 is 0 Å². The first-order chi connectivity index (χ1) is 13.6. The Morgan fingerprint density at radius 2 is 1.43 bits per heavy atom. The second-order valence-electron chi connectivity index (χ2n) is 8.79. The lowest BCUT2D eigenvalue weighted by Gasteiger charge is -2.43. The average molecular weight is 393 g/mol. The maximum atomic E-state index is 12.9. The van der Waals surface area contributed by atoms with Gasteiger partial charge in [0.2, 0.25) is 11.8 Å². The summed E-state index contributed by atoms with van der Waals surface area (Å²) in [4.78, 5) is 34.3. The largest absolute Gasteiger partial charge is 0.343 e. The van der Waals surface area contributed by atoms with Crippen molar-refractivity contribution in [3.63, 3.8) is 0 Å². The van der Waals surface area contributed by atoms with Gasteiger partial charge in [0.05, 0.1) is 0 Å². The van der Waals surface area contributed by atoms with Crippen LogP contribution in [0.3, 0.4) is 0 Å². The van der Waals surface area contributed by atoms with Crippen LogP contribution in [-0.4, -0.2) is 96.4 Å². The van der Waals surface area contributed by atoms with Gasteiger partial charge in [0.25, 0.3) is 0 Å². The van der Waals surface area contributed by atoms with Gasteiger partial charge in [-0.25, -0.2) is 0 Å². The highest BCUT2D eigenvalue weighted by atomic mass is 16.2. The molecule has 0 saturated carbocycles. The van der Waals surface area contributed by atoms with Crippen LogP contribution in [0.4, 0.5) is 0 Å². The Labute approximate surface area is 171 Å². The van der Waals surface area contributed by atoms with E-state index >= 15 is 0 Å². The number of amides is 2. The molecular formula is C22H40N4O2. The summed E-state index contributed by atoms with van der Waals surface area (Å²) in [5, 5.41) is 0.